The van der Waals surface area contributed by atoms with Crippen molar-refractivity contribution in [3.8, 4) is 0 Å². The smallest absolute Gasteiger partial charge is 0.227 e. The molecule has 1 atom stereocenters. The lowest BCUT2D eigenvalue weighted by Crippen LogP contribution is -2.53. The van der Waals surface area contributed by atoms with E-state index in [1.54, 1.807) is 0 Å². The SMILES string of the molecule is CC1(C)CN(C(=O)C(CN)Cc2ccccc2)CCO1. The Hall–Kier alpha value is -1.39. The molecule has 1 saturated heterocycles. The average molecular weight is 276 g/mol. The lowest BCUT2D eigenvalue weighted by Gasteiger charge is -2.39. The molecule has 1 aromatic rings. The van der Waals surface area contributed by atoms with Gasteiger partial charge in [-0.25, -0.2) is 0 Å². The van der Waals surface area contributed by atoms with Crippen LogP contribution in [0.25, 0.3) is 0 Å². The highest BCUT2D eigenvalue weighted by Gasteiger charge is 2.32. The first-order valence-electron chi connectivity index (χ1n) is 7.18. The number of carbonyl (C=O) groups is 1. The lowest BCUT2D eigenvalue weighted by molar-refractivity contribution is -0.149. The minimum Gasteiger partial charge on any atom is -0.372 e. The second-order valence-corrected chi connectivity index (χ2v) is 5.99. The zero-order chi connectivity index (χ0) is 14.6. The maximum absolute atomic E-state index is 12.6. The summed E-state index contributed by atoms with van der Waals surface area (Å²) >= 11 is 0. The van der Waals surface area contributed by atoms with Crippen LogP contribution >= 0.6 is 0 Å². The zero-order valence-corrected chi connectivity index (χ0v) is 12.3. The van der Waals surface area contributed by atoms with E-state index in [1.165, 1.54) is 0 Å². The third-order valence-electron chi connectivity index (χ3n) is 3.70. The van der Waals surface area contributed by atoms with E-state index in [4.69, 9.17) is 10.5 Å². The van der Waals surface area contributed by atoms with E-state index in [-0.39, 0.29) is 17.4 Å². The molecule has 1 aliphatic rings. The number of benzene rings is 1. The van der Waals surface area contributed by atoms with Gasteiger partial charge in [-0.3, -0.25) is 4.79 Å². The van der Waals surface area contributed by atoms with Gasteiger partial charge in [0, 0.05) is 19.6 Å². The Labute approximate surface area is 120 Å². The van der Waals surface area contributed by atoms with E-state index < -0.39 is 0 Å². The predicted octanol–water partition coefficient (Wildman–Crippen LogP) is 1.44. The maximum atomic E-state index is 12.6. The van der Waals surface area contributed by atoms with Crippen molar-refractivity contribution in [2.24, 2.45) is 11.7 Å². The van der Waals surface area contributed by atoms with E-state index in [2.05, 4.69) is 0 Å². The van der Waals surface area contributed by atoms with Crippen LogP contribution in [-0.4, -0.2) is 42.6 Å². The van der Waals surface area contributed by atoms with E-state index in [9.17, 15) is 4.79 Å². The Morgan fingerprint density at radius 3 is 2.70 bits per heavy atom. The number of hydrogen-bond acceptors (Lipinski definition) is 3. The molecule has 2 N–H and O–H groups in total. The largest absolute Gasteiger partial charge is 0.372 e. The fraction of sp³-hybridized carbons (Fsp3) is 0.562. The Bertz CT molecular complexity index is 445. The summed E-state index contributed by atoms with van der Waals surface area (Å²) in [5, 5.41) is 0. The van der Waals surface area contributed by atoms with Crippen molar-refractivity contribution >= 4 is 5.91 Å². The first kappa shape index (κ1) is 15.0. The van der Waals surface area contributed by atoms with Crippen molar-refractivity contribution in [2.75, 3.05) is 26.2 Å². The predicted molar refractivity (Wildman–Crippen MR) is 79.3 cm³/mol. The maximum Gasteiger partial charge on any atom is 0.227 e. The van der Waals surface area contributed by atoms with Crippen LogP contribution < -0.4 is 5.73 Å². The molecule has 1 aromatic carbocycles. The van der Waals surface area contributed by atoms with Gasteiger partial charge in [-0.15, -0.1) is 0 Å². The van der Waals surface area contributed by atoms with Crippen LogP contribution in [-0.2, 0) is 16.0 Å². The molecule has 4 heteroatoms. The summed E-state index contributed by atoms with van der Waals surface area (Å²) in [6, 6.07) is 10.0. The summed E-state index contributed by atoms with van der Waals surface area (Å²) in [7, 11) is 0. The first-order valence-corrected chi connectivity index (χ1v) is 7.18. The molecule has 1 heterocycles. The zero-order valence-electron chi connectivity index (χ0n) is 12.3. The van der Waals surface area contributed by atoms with E-state index >= 15 is 0 Å². The number of nitrogens with two attached hydrogens (primary N) is 1. The van der Waals surface area contributed by atoms with Crippen LogP contribution in [0, 0.1) is 5.92 Å². The molecule has 4 nitrogen and oxygen atoms in total. The molecule has 1 unspecified atom stereocenters. The fourth-order valence-corrected chi connectivity index (χ4v) is 2.63. The highest BCUT2D eigenvalue weighted by Crippen LogP contribution is 2.19. The van der Waals surface area contributed by atoms with Crippen LogP contribution in [0.4, 0.5) is 0 Å². The van der Waals surface area contributed by atoms with Gasteiger partial charge in [-0.2, -0.15) is 0 Å². The van der Waals surface area contributed by atoms with Gasteiger partial charge in [0.1, 0.15) is 0 Å². The van der Waals surface area contributed by atoms with Gasteiger partial charge in [0.05, 0.1) is 18.1 Å². The van der Waals surface area contributed by atoms with E-state index in [0.717, 1.165) is 5.56 Å². The molecule has 0 bridgehead atoms. The molecule has 1 fully saturated rings. The normalized spacial score (nSPS) is 19.6. The second-order valence-electron chi connectivity index (χ2n) is 5.99. The van der Waals surface area contributed by atoms with Gasteiger partial charge in [-0.1, -0.05) is 30.3 Å². The van der Waals surface area contributed by atoms with Crippen LogP contribution in [0.3, 0.4) is 0 Å². The first-order chi connectivity index (χ1) is 9.52. The highest BCUT2D eigenvalue weighted by molar-refractivity contribution is 5.79. The van der Waals surface area contributed by atoms with E-state index in [0.29, 0.717) is 32.7 Å². The quantitative estimate of drug-likeness (QED) is 0.905. The monoisotopic (exact) mass is 276 g/mol. The summed E-state index contributed by atoms with van der Waals surface area (Å²) in [6.07, 6.45) is 0.702. The van der Waals surface area contributed by atoms with Crippen molar-refractivity contribution in [3.05, 3.63) is 35.9 Å². The third kappa shape index (κ3) is 3.81. The van der Waals surface area contributed by atoms with Gasteiger partial charge in [-0.05, 0) is 25.8 Å². The van der Waals surface area contributed by atoms with Crippen LogP contribution in [0.5, 0.6) is 0 Å². The molecular weight excluding hydrogens is 252 g/mol. The molecule has 20 heavy (non-hydrogen) atoms. The topological polar surface area (TPSA) is 55.6 Å². The Kier molecular flexibility index (Phi) is 4.78. The van der Waals surface area contributed by atoms with Crippen molar-refractivity contribution in [2.45, 2.75) is 25.9 Å². The van der Waals surface area contributed by atoms with Gasteiger partial charge in [0.25, 0.3) is 0 Å². The second kappa shape index (κ2) is 6.37. The van der Waals surface area contributed by atoms with Crippen LogP contribution in [0.2, 0.25) is 0 Å². The van der Waals surface area contributed by atoms with Gasteiger partial charge in [0.15, 0.2) is 0 Å². The number of ether oxygens (including phenoxy) is 1. The molecule has 0 aromatic heterocycles. The molecule has 0 radical (unpaired) electrons. The molecular formula is C16H24N2O2. The van der Waals surface area contributed by atoms with Crippen molar-refractivity contribution in [1.29, 1.82) is 0 Å². The Balaban J connectivity index is 2.02. The number of amides is 1. The molecule has 0 saturated carbocycles. The highest BCUT2D eigenvalue weighted by atomic mass is 16.5. The van der Waals surface area contributed by atoms with E-state index in [1.807, 2.05) is 49.1 Å². The minimum atomic E-state index is -0.264. The van der Waals surface area contributed by atoms with Crippen molar-refractivity contribution < 1.29 is 9.53 Å². The Morgan fingerprint density at radius 2 is 2.10 bits per heavy atom. The fourth-order valence-electron chi connectivity index (χ4n) is 2.63. The molecule has 1 amide bonds. The third-order valence-corrected chi connectivity index (χ3v) is 3.70. The van der Waals surface area contributed by atoms with Crippen LogP contribution in [0.1, 0.15) is 19.4 Å². The number of morpholine rings is 1. The van der Waals surface area contributed by atoms with Gasteiger partial charge >= 0.3 is 0 Å². The number of rotatable bonds is 4. The summed E-state index contributed by atoms with van der Waals surface area (Å²) in [5.74, 6) is -0.000900. The summed E-state index contributed by atoms with van der Waals surface area (Å²) < 4.78 is 5.65. The summed E-state index contributed by atoms with van der Waals surface area (Å²) in [6.45, 7) is 6.31. The van der Waals surface area contributed by atoms with Crippen molar-refractivity contribution in [3.63, 3.8) is 0 Å². The molecule has 110 valence electrons. The molecule has 0 aliphatic carbocycles. The van der Waals surface area contributed by atoms with Crippen LogP contribution in [0.15, 0.2) is 30.3 Å². The number of nitrogens with zero attached hydrogens (tertiary/aromatic N) is 1. The Morgan fingerprint density at radius 1 is 1.40 bits per heavy atom. The van der Waals surface area contributed by atoms with Crippen molar-refractivity contribution in [1.82, 2.24) is 4.90 Å². The number of carbonyl (C=O) groups excluding carboxylic acids is 1. The lowest BCUT2D eigenvalue weighted by atomic mass is 9.96. The molecule has 0 spiro atoms. The molecule has 1 aliphatic heterocycles. The number of hydrogen-bond donors (Lipinski definition) is 1. The average Bonchev–Trinajstić information content (AvgIpc) is 2.44. The summed E-state index contributed by atoms with van der Waals surface area (Å²) in [5.41, 5.74) is 6.71. The standard InChI is InChI=1S/C16H24N2O2/c1-16(2)12-18(8-9-20-16)15(19)14(11-17)10-13-6-4-3-5-7-13/h3-7,14H,8-12,17H2,1-2H3. The van der Waals surface area contributed by atoms with Gasteiger partial charge < -0.3 is 15.4 Å². The summed E-state index contributed by atoms with van der Waals surface area (Å²) in [4.78, 5) is 14.5. The van der Waals surface area contributed by atoms with Gasteiger partial charge in [0.2, 0.25) is 5.91 Å². The minimum absolute atomic E-state index is 0.146. The molecule has 2 rings (SSSR count).